The topological polar surface area (TPSA) is 123 Å². The number of carbonyl (C=O) groups is 1. The molecule has 0 aliphatic carbocycles. The van der Waals surface area contributed by atoms with E-state index in [1.807, 2.05) is 0 Å². The molecule has 25 heavy (non-hydrogen) atoms. The van der Waals surface area contributed by atoms with E-state index in [1.165, 1.54) is 7.11 Å². The number of pyridine rings is 1. The summed E-state index contributed by atoms with van der Waals surface area (Å²) in [5, 5.41) is 3.23. The number of para-hydroxylation sites is 1. The minimum atomic E-state index is -0.449. The summed E-state index contributed by atoms with van der Waals surface area (Å²) in [4.78, 5) is 35.2. The molecule has 0 saturated carbocycles. The van der Waals surface area contributed by atoms with Crippen LogP contribution in [0.5, 0.6) is 5.75 Å². The van der Waals surface area contributed by atoms with Crippen LogP contribution in [0.2, 0.25) is 0 Å². The molecule has 2 aromatic heterocycles. The molecule has 3 rings (SSSR count). The first-order valence-electron chi connectivity index (χ1n) is 7.57. The molecule has 0 saturated heterocycles. The number of aromatic nitrogens is 3. The van der Waals surface area contributed by atoms with Crippen molar-refractivity contribution in [2.24, 2.45) is 0 Å². The second kappa shape index (κ2) is 6.60. The standard InChI is InChI=1S/C17H17N5O3/c1-9-6-7-19-15(23)11(9)8-20-16(24)14-10-4-3-5-12(25-2)13(10)21-17(18)22-14/h3-7H,8H2,1-2H3,(H,19,23)(H,20,24)(H2,18,21,22). The van der Waals surface area contributed by atoms with Crippen molar-refractivity contribution in [1.29, 1.82) is 0 Å². The third-order valence-corrected chi connectivity index (χ3v) is 3.87. The van der Waals surface area contributed by atoms with Crippen LogP contribution in [0, 0.1) is 6.92 Å². The SMILES string of the molecule is COc1cccc2c(C(=O)NCc3c(C)cc[nH]c3=O)nc(N)nc12. The molecule has 128 valence electrons. The third kappa shape index (κ3) is 3.14. The van der Waals surface area contributed by atoms with E-state index in [0.29, 0.717) is 22.2 Å². The van der Waals surface area contributed by atoms with Crippen molar-refractivity contribution in [2.45, 2.75) is 13.5 Å². The Morgan fingerprint density at radius 1 is 1.32 bits per heavy atom. The van der Waals surface area contributed by atoms with Crippen molar-refractivity contribution in [3.8, 4) is 5.75 Å². The van der Waals surface area contributed by atoms with Gasteiger partial charge in [-0.15, -0.1) is 0 Å². The number of nitrogens with zero attached hydrogens (tertiary/aromatic N) is 2. The highest BCUT2D eigenvalue weighted by Gasteiger charge is 2.17. The summed E-state index contributed by atoms with van der Waals surface area (Å²) in [6, 6.07) is 6.95. The number of ether oxygens (including phenoxy) is 1. The van der Waals surface area contributed by atoms with Crippen LogP contribution in [0.25, 0.3) is 10.9 Å². The Balaban J connectivity index is 1.96. The second-order valence-corrected chi connectivity index (χ2v) is 5.44. The van der Waals surface area contributed by atoms with Gasteiger partial charge in [0.05, 0.1) is 7.11 Å². The molecule has 0 spiro atoms. The minimum Gasteiger partial charge on any atom is -0.494 e. The Hall–Kier alpha value is -3.42. The Kier molecular flexibility index (Phi) is 4.34. The van der Waals surface area contributed by atoms with Gasteiger partial charge in [0.2, 0.25) is 5.95 Å². The fourth-order valence-electron chi connectivity index (χ4n) is 2.56. The fourth-order valence-corrected chi connectivity index (χ4v) is 2.56. The van der Waals surface area contributed by atoms with E-state index in [4.69, 9.17) is 10.5 Å². The molecule has 0 aliphatic heterocycles. The summed E-state index contributed by atoms with van der Waals surface area (Å²) < 4.78 is 5.25. The summed E-state index contributed by atoms with van der Waals surface area (Å²) in [6.45, 7) is 1.88. The van der Waals surface area contributed by atoms with Crippen molar-refractivity contribution >= 4 is 22.8 Å². The van der Waals surface area contributed by atoms with E-state index >= 15 is 0 Å². The number of aryl methyl sites for hydroxylation is 1. The zero-order valence-electron chi connectivity index (χ0n) is 13.8. The van der Waals surface area contributed by atoms with E-state index in [0.717, 1.165) is 5.56 Å². The van der Waals surface area contributed by atoms with Crippen LogP contribution in [0.4, 0.5) is 5.95 Å². The van der Waals surface area contributed by atoms with Gasteiger partial charge in [-0.3, -0.25) is 9.59 Å². The number of H-pyrrole nitrogens is 1. The number of nitrogens with one attached hydrogen (secondary N) is 2. The van der Waals surface area contributed by atoms with Gasteiger partial charge in [-0.25, -0.2) is 9.97 Å². The highest BCUT2D eigenvalue weighted by Crippen LogP contribution is 2.26. The van der Waals surface area contributed by atoms with Crippen LogP contribution in [0.15, 0.2) is 35.3 Å². The molecule has 0 unspecified atom stereocenters. The van der Waals surface area contributed by atoms with Gasteiger partial charge < -0.3 is 20.8 Å². The average Bonchev–Trinajstić information content (AvgIpc) is 2.59. The lowest BCUT2D eigenvalue weighted by atomic mass is 10.1. The predicted octanol–water partition coefficient (Wildman–Crippen LogP) is 1.15. The summed E-state index contributed by atoms with van der Waals surface area (Å²) in [6.07, 6.45) is 1.56. The van der Waals surface area contributed by atoms with E-state index in [-0.39, 0.29) is 23.7 Å². The number of anilines is 1. The summed E-state index contributed by atoms with van der Waals surface area (Å²) in [5.74, 6) is 0.0156. The zero-order valence-corrected chi connectivity index (χ0v) is 13.8. The first kappa shape index (κ1) is 16.4. The largest absolute Gasteiger partial charge is 0.494 e. The number of aromatic amines is 1. The molecule has 8 nitrogen and oxygen atoms in total. The highest BCUT2D eigenvalue weighted by molar-refractivity contribution is 6.05. The van der Waals surface area contributed by atoms with E-state index < -0.39 is 5.91 Å². The molecule has 8 heteroatoms. The molecule has 4 N–H and O–H groups in total. The van der Waals surface area contributed by atoms with Crippen LogP contribution in [0.1, 0.15) is 21.6 Å². The lowest BCUT2D eigenvalue weighted by Crippen LogP contribution is -2.28. The van der Waals surface area contributed by atoms with Crippen LogP contribution in [0.3, 0.4) is 0 Å². The van der Waals surface area contributed by atoms with Gasteiger partial charge in [0.25, 0.3) is 11.5 Å². The lowest BCUT2D eigenvalue weighted by molar-refractivity contribution is 0.0947. The minimum absolute atomic E-state index is 0.0316. The van der Waals surface area contributed by atoms with Crippen molar-refractivity contribution in [3.63, 3.8) is 0 Å². The number of nitrogens with two attached hydrogens (primary N) is 1. The predicted molar refractivity (Wildman–Crippen MR) is 93.5 cm³/mol. The molecular weight excluding hydrogens is 322 g/mol. The highest BCUT2D eigenvalue weighted by atomic mass is 16.5. The molecular formula is C17H17N5O3. The van der Waals surface area contributed by atoms with Gasteiger partial charge >= 0.3 is 0 Å². The van der Waals surface area contributed by atoms with Gasteiger partial charge in [0.1, 0.15) is 17.0 Å². The quantitative estimate of drug-likeness (QED) is 0.655. The Morgan fingerprint density at radius 2 is 2.12 bits per heavy atom. The number of hydrogen-bond acceptors (Lipinski definition) is 6. The van der Waals surface area contributed by atoms with E-state index in [2.05, 4.69) is 20.3 Å². The van der Waals surface area contributed by atoms with Crippen LogP contribution in [-0.2, 0) is 6.54 Å². The maximum atomic E-state index is 12.6. The van der Waals surface area contributed by atoms with E-state index in [9.17, 15) is 9.59 Å². The Morgan fingerprint density at radius 3 is 2.84 bits per heavy atom. The van der Waals surface area contributed by atoms with Crippen molar-refractivity contribution in [3.05, 3.63) is 57.6 Å². The molecule has 3 aromatic rings. The fraction of sp³-hybridized carbons (Fsp3) is 0.176. The maximum Gasteiger partial charge on any atom is 0.271 e. The summed E-state index contributed by atoms with van der Waals surface area (Å²) >= 11 is 0. The number of hydrogen-bond donors (Lipinski definition) is 3. The number of methoxy groups -OCH3 is 1. The van der Waals surface area contributed by atoms with Crippen molar-refractivity contribution < 1.29 is 9.53 Å². The van der Waals surface area contributed by atoms with Crippen molar-refractivity contribution in [1.82, 2.24) is 20.3 Å². The maximum absolute atomic E-state index is 12.6. The van der Waals surface area contributed by atoms with Crippen LogP contribution < -0.4 is 21.3 Å². The number of nitrogen functional groups attached to an aromatic ring is 1. The Labute approximate surface area is 143 Å². The average molecular weight is 339 g/mol. The molecule has 1 aromatic carbocycles. The van der Waals surface area contributed by atoms with Gasteiger partial charge in [0.15, 0.2) is 0 Å². The first-order chi connectivity index (χ1) is 12.0. The van der Waals surface area contributed by atoms with Gasteiger partial charge in [-0.05, 0) is 24.6 Å². The third-order valence-electron chi connectivity index (χ3n) is 3.87. The monoisotopic (exact) mass is 339 g/mol. The molecule has 0 radical (unpaired) electrons. The number of fused-ring (bicyclic) bond motifs is 1. The molecule has 0 bridgehead atoms. The summed E-state index contributed by atoms with van der Waals surface area (Å²) in [5.41, 5.74) is 7.35. The summed E-state index contributed by atoms with van der Waals surface area (Å²) in [7, 11) is 1.51. The van der Waals surface area contributed by atoms with Crippen LogP contribution in [-0.4, -0.2) is 28.0 Å². The normalized spacial score (nSPS) is 10.6. The van der Waals surface area contributed by atoms with Crippen LogP contribution >= 0.6 is 0 Å². The number of rotatable bonds is 4. The molecule has 2 heterocycles. The zero-order chi connectivity index (χ0) is 18.0. The van der Waals surface area contributed by atoms with Gasteiger partial charge in [0, 0.05) is 23.7 Å². The number of benzene rings is 1. The molecule has 0 aliphatic rings. The Bertz CT molecular complexity index is 1010. The van der Waals surface area contributed by atoms with E-state index in [1.54, 1.807) is 37.4 Å². The first-order valence-corrected chi connectivity index (χ1v) is 7.57. The number of amides is 1. The van der Waals surface area contributed by atoms with Crippen molar-refractivity contribution in [2.75, 3.05) is 12.8 Å². The van der Waals surface area contributed by atoms with Gasteiger partial charge in [-0.2, -0.15) is 0 Å². The molecule has 0 atom stereocenters. The second-order valence-electron chi connectivity index (χ2n) is 5.44. The molecule has 0 fully saturated rings. The molecule has 1 amide bonds. The lowest BCUT2D eigenvalue weighted by Gasteiger charge is -2.10. The number of carbonyl (C=O) groups excluding carboxylic acids is 1. The van der Waals surface area contributed by atoms with Gasteiger partial charge in [-0.1, -0.05) is 12.1 Å². The smallest absolute Gasteiger partial charge is 0.271 e.